The van der Waals surface area contributed by atoms with Crippen molar-refractivity contribution in [1.82, 2.24) is 10.3 Å². The summed E-state index contributed by atoms with van der Waals surface area (Å²) in [5.74, 6) is 0.0792. The van der Waals surface area contributed by atoms with Crippen LogP contribution in [0.5, 0.6) is 0 Å². The molecule has 0 saturated heterocycles. The fraction of sp³-hybridized carbons (Fsp3) is 0.381. The van der Waals surface area contributed by atoms with E-state index in [4.69, 9.17) is 16.7 Å². The van der Waals surface area contributed by atoms with Gasteiger partial charge in [0.1, 0.15) is 5.82 Å². The summed E-state index contributed by atoms with van der Waals surface area (Å²) in [6.07, 6.45) is 5.22. The Morgan fingerprint density at radius 1 is 1.18 bits per heavy atom. The van der Waals surface area contributed by atoms with Crippen molar-refractivity contribution >= 4 is 29.3 Å². The summed E-state index contributed by atoms with van der Waals surface area (Å²) < 4.78 is 0. The van der Waals surface area contributed by atoms with Crippen molar-refractivity contribution in [3.8, 4) is 0 Å². The van der Waals surface area contributed by atoms with E-state index in [1.165, 1.54) is 6.20 Å². The number of pyridine rings is 1. The molecule has 0 unspecified atom stereocenters. The maximum Gasteiger partial charge on any atom is 0.337 e. The van der Waals surface area contributed by atoms with E-state index >= 15 is 0 Å². The van der Waals surface area contributed by atoms with Gasteiger partial charge in [0.2, 0.25) is 0 Å². The van der Waals surface area contributed by atoms with Gasteiger partial charge in [-0.3, -0.25) is 4.79 Å². The van der Waals surface area contributed by atoms with Crippen LogP contribution in [0, 0.1) is 12.8 Å². The van der Waals surface area contributed by atoms with Crippen molar-refractivity contribution in [2.45, 2.75) is 38.6 Å². The molecule has 3 N–H and O–H groups in total. The zero-order valence-corrected chi connectivity index (χ0v) is 16.5. The SMILES string of the molecule is Cc1ccc(Cl)c(C(=O)N[C@H]2CC[C@H](CNc3ccc(C(=O)O)cn3)CC2)c1. The van der Waals surface area contributed by atoms with Crippen LogP contribution in [-0.2, 0) is 0 Å². The van der Waals surface area contributed by atoms with Gasteiger partial charge in [0, 0.05) is 18.8 Å². The number of hydrogen-bond donors (Lipinski definition) is 3. The Labute approximate surface area is 169 Å². The largest absolute Gasteiger partial charge is 0.478 e. The Morgan fingerprint density at radius 3 is 2.57 bits per heavy atom. The van der Waals surface area contributed by atoms with Gasteiger partial charge < -0.3 is 15.7 Å². The minimum absolute atomic E-state index is 0.113. The highest BCUT2D eigenvalue weighted by molar-refractivity contribution is 6.33. The second-order valence-electron chi connectivity index (χ2n) is 7.29. The van der Waals surface area contributed by atoms with E-state index in [0.717, 1.165) is 37.8 Å². The number of nitrogens with zero attached hydrogens (tertiary/aromatic N) is 1. The molecule has 3 rings (SSSR count). The zero-order valence-electron chi connectivity index (χ0n) is 15.7. The molecule has 2 aromatic rings. The molecule has 28 heavy (non-hydrogen) atoms. The highest BCUT2D eigenvalue weighted by atomic mass is 35.5. The number of hydrogen-bond acceptors (Lipinski definition) is 4. The van der Waals surface area contributed by atoms with Gasteiger partial charge in [0.05, 0.1) is 16.1 Å². The molecule has 7 heteroatoms. The third kappa shape index (κ3) is 5.23. The van der Waals surface area contributed by atoms with E-state index in [0.29, 0.717) is 22.3 Å². The molecule has 1 aromatic carbocycles. The van der Waals surface area contributed by atoms with Crippen molar-refractivity contribution in [1.29, 1.82) is 0 Å². The van der Waals surface area contributed by atoms with Crippen molar-refractivity contribution in [2.75, 3.05) is 11.9 Å². The second-order valence-corrected chi connectivity index (χ2v) is 7.70. The van der Waals surface area contributed by atoms with E-state index in [1.54, 1.807) is 18.2 Å². The van der Waals surface area contributed by atoms with Gasteiger partial charge in [-0.05, 0) is 62.8 Å². The first kappa shape index (κ1) is 20.1. The number of carboxylic acids is 1. The molecule has 1 aliphatic rings. The van der Waals surface area contributed by atoms with Crippen molar-refractivity contribution in [2.24, 2.45) is 5.92 Å². The predicted molar refractivity (Wildman–Crippen MR) is 109 cm³/mol. The summed E-state index contributed by atoms with van der Waals surface area (Å²) in [6, 6.07) is 8.85. The maximum atomic E-state index is 12.5. The molecule has 1 heterocycles. The molecular weight excluding hydrogens is 378 g/mol. The van der Waals surface area contributed by atoms with Crippen LogP contribution in [0.4, 0.5) is 5.82 Å². The minimum Gasteiger partial charge on any atom is -0.478 e. The number of aromatic carboxylic acids is 1. The van der Waals surface area contributed by atoms with Gasteiger partial charge in [0.25, 0.3) is 5.91 Å². The average Bonchev–Trinajstić information content (AvgIpc) is 2.69. The summed E-state index contributed by atoms with van der Waals surface area (Å²) in [5, 5.41) is 15.7. The quantitative estimate of drug-likeness (QED) is 0.676. The van der Waals surface area contributed by atoms with Crippen LogP contribution < -0.4 is 10.6 Å². The first-order valence-electron chi connectivity index (χ1n) is 9.42. The van der Waals surface area contributed by atoms with Crippen molar-refractivity contribution < 1.29 is 14.7 Å². The van der Waals surface area contributed by atoms with Gasteiger partial charge in [-0.1, -0.05) is 23.2 Å². The molecule has 0 aliphatic heterocycles. The van der Waals surface area contributed by atoms with Gasteiger partial charge in [-0.2, -0.15) is 0 Å². The molecule has 0 bridgehead atoms. The van der Waals surface area contributed by atoms with Gasteiger partial charge in [0.15, 0.2) is 0 Å². The number of aryl methyl sites for hydroxylation is 1. The fourth-order valence-electron chi connectivity index (χ4n) is 3.46. The first-order chi connectivity index (χ1) is 13.4. The van der Waals surface area contributed by atoms with Crippen molar-refractivity contribution in [3.63, 3.8) is 0 Å². The van der Waals surface area contributed by atoms with E-state index in [1.807, 2.05) is 19.1 Å². The normalized spacial score (nSPS) is 19.1. The molecule has 1 fully saturated rings. The van der Waals surface area contributed by atoms with Gasteiger partial charge in [-0.25, -0.2) is 9.78 Å². The molecule has 0 spiro atoms. The average molecular weight is 402 g/mol. The molecule has 148 valence electrons. The number of rotatable bonds is 6. The number of nitrogens with one attached hydrogen (secondary N) is 2. The number of aromatic nitrogens is 1. The van der Waals surface area contributed by atoms with Gasteiger partial charge >= 0.3 is 5.97 Å². The van der Waals surface area contributed by atoms with Crippen molar-refractivity contribution in [3.05, 3.63) is 58.2 Å². The molecule has 1 aliphatic carbocycles. The van der Waals surface area contributed by atoms with E-state index in [9.17, 15) is 9.59 Å². The molecule has 1 aromatic heterocycles. The lowest BCUT2D eigenvalue weighted by atomic mass is 9.86. The number of halogens is 1. The molecule has 6 nitrogen and oxygen atoms in total. The van der Waals surface area contributed by atoms with Crippen LogP contribution in [0.25, 0.3) is 0 Å². The highest BCUT2D eigenvalue weighted by Crippen LogP contribution is 2.25. The lowest BCUT2D eigenvalue weighted by molar-refractivity contribution is 0.0696. The Kier molecular flexibility index (Phi) is 6.52. The predicted octanol–water partition coefficient (Wildman–Crippen LogP) is 4.14. The first-order valence-corrected chi connectivity index (χ1v) is 9.80. The third-order valence-electron chi connectivity index (χ3n) is 5.13. The van der Waals surface area contributed by atoms with Crippen LogP contribution in [0.2, 0.25) is 5.02 Å². The number of amides is 1. The smallest absolute Gasteiger partial charge is 0.337 e. The summed E-state index contributed by atoms with van der Waals surface area (Å²) in [5.41, 5.74) is 1.71. The molecule has 1 saturated carbocycles. The minimum atomic E-state index is -0.980. The lowest BCUT2D eigenvalue weighted by Crippen LogP contribution is -2.38. The van der Waals surface area contributed by atoms with E-state index < -0.39 is 5.97 Å². The standard InChI is InChI=1S/C21H24ClN3O3/c1-13-2-8-18(22)17(10-13)20(26)25-16-6-3-14(4-7-16)11-23-19-9-5-15(12-24-19)21(27)28/h2,5,8-10,12,14,16H,3-4,6-7,11H2,1H3,(H,23,24)(H,25,26)(H,27,28)/t14-,16-. The summed E-state index contributed by atoms with van der Waals surface area (Å²) in [4.78, 5) is 27.5. The summed E-state index contributed by atoms with van der Waals surface area (Å²) in [7, 11) is 0. The number of carbonyl (C=O) groups is 2. The number of anilines is 1. The second kappa shape index (κ2) is 9.06. The number of benzene rings is 1. The van der Waals surface area contributed by atoms with E-state index in [-0.39, 0.29) is 17.5 Å². The monoisotopic (exact) mass is 401 g/mol. The Balaban J connectivity index is 1.44. The van der Waals surface area contributed by atoms with Crippen LogP contribution in [-0.4, -0.2) is 34.6 Å². The van der Waals surface area contributed by atoms with Crippen LogP contribution in [0.3, 0.4) is 0 Å². The molecule has 1 amide bonds. The summed E-state index contributed by atoms with van der Waals surface area (Å²) in [6.45, 7) is 2.72. The third-order valence-corrected chi connectivity index (χ3v) is 5.46. The number of carboxylic acid groups (broad SMARTS) is 1. The molecule has 0 atom stereocenters. The topological polar surface area (TPSA) is 91.3 Å². The molecule has 0 radical (unpaired) electrons. The Morgan fingerprint density at radius 2 is 1.93 bits per heavy atom. The Bertz CT molecular complexity index is 846. The van der Waals surface area contributed by atoms with Crippen LogP contribution in [0.1, 0.15) is 52.0 Å². The maximum absolute atomic E-state index is 12.5. The lowest BCUT2D eigenvalue weighted by Gasteiger charge is -2.29. The van der Waals surface area contributed by atoms with Crippen LogP contribution >= 0.6 is 11.6 Å². The number of carbonyl (C=O) groups excluding carboxylic acids is 1. The highest BCUT2D eigenvalue weighted by Gasteiger charge is 2.23. The summed E-state index contributed by atoms with van der Waals surface area (Å²) >= 11 is 6.15. The zero-order chi connectivity index (χ0) is 20.1. The van der Waals surface area contributed by atoms with Crippen LogP contribution in [0.15, 0.2) is 36.5 Å². The van der Waals surface area contributed by atoms with E-state index in [2.05, 4.69) is 15.6 Å². The fourth-order valence-corrected chi connectivity index (χ4v) is 3.66. The Hall–Kier alpha value is -2.60. The van der Waals surface area contributed by atoms with Gasteiger partial charge in [-0.15, -0.1) is 0 Å². The molecular formula is C21H24ClN3O3.